The quantitative estimate of drug-likeness (QED) is 0.375. The molecule has 4 aromatic rings. The summed E-state index contributed by atoms with van der Waals surface area (Å²) >= 11 is 12.5. The van der Waals surface area contributed by atoms with Gasteiger partial charge >= 0.3 is 0 Å². The van der Waals surface area contributed by atoms with Crippen LogP contribution in [0.25, 0.3) is 23.2 Å². The van der Waals surface area contributed by atoms with Gasteiger partial charge in [-0.3, -0.25) is 4.98 Å². The summed E-state index contributed by atoms with van der Waals surface area (Å²) in [5.74, 6) is 1.08. The highest BCUT2D eigenvalue weighted by atomic mass is 35.5. The van der Waals surface area contributed by atoms with Crippen molar-refractivity contribution >= 4 is 57.8 Å². The highest BCUT2D eigenvalue weighted by Crippen LogP contribution is 2.39. The molecule has 32 heavy (non-hydrogen) atoms. The Balaban J connectivity index is 1.84. The van der Waals surface area contributed by atoms with E-state index in [1.807, 2.05) is 35.2 Å². The van der Waals surface area contributed by atoms with Gasteiger partial charge in [0.05, 0.1) is 53.0 Å². The molecule has 0 aliphatic carbocycles. The summed E-state index contributed by atoms with van der Waals surface area (Å²) in [5.41, 5.74) is 2.94. The van der Waals surface area contributed by atoms with Gasteiger partial charge in [0, 0.05) is 41.8 Å². The molecular weight excluding hydrogens is 449 g/mol. The summed E-state index contributed by atoms with van der Waals surface area (Å²) in [4.78, 5) is 8.48. The summed E-state index contributed by atoms with van der Waals surface area (Å²) in [6.45, 7) is 0. The lowest BCUT2D eigenvalue weighted by molar-refractivity contribution is 0.414. The lowest BCUT2D eigenvalue weighted by atomic mass is 10.1. The zero-order valence-electron chi connectivity index (χ0n) is 17.1. The first-order chi connectivity index (χ1) is 15.5. The van der Waals surface area contributed by atoms with Crippen molar-refractivity contribution in [3.63, 3.8) is 0 Å². The minimum atomic E-state index is 0.353. The molecule has 160 valence electrons. The minimum Gasteiger partial charge on any atom is -0.496 e. The fraction of sp³-hybridized carbons (Fsp3) is 0.0870. The van der Waals surface area contributed by atoms with Crippen LogP contribution in [0.4, 0.5) is 11.4 Å². The number of hydrogen-bond donors (Lipinski definition) is 1. The van der Waals surface area contributed by atoms with E-state index < -0.39 is 0 Å². The average Bonchev–Trinajstić information content (AvgIpc) is 3.32. The third-order valence-corrected chi connectivity index (χ3v) is 5.40. The van der Waals surface area contributed by atoms with Gasteiger partial charge in [-0.15, -0.1) is 0 Å². The van der Waals surface area contributed by atoms with Crippen LogP contribution in [0.3, 0.4) is 0 Å². The van der Waals surface area contributed by atoms with Crippen molar-refractivity contribution in [2.24, 2.45) is 0 Å². The molecule has 2 aromatic carbocycles. The lowest BCUT2D eigenvalue weighted by Gasteiger charge is -2.16. The van der Waals surface area contributed by atoms with Crippen molar-refractivity contribution in [1.82, 2.24) is 14.5 Å². The van der Waals surface area contributed by atoms with Gasteiger partial charge in [-0.05, 0) is 24.3 Å². The number of methoxy groups -OCH3 is 2. The highest BCUT2D eigenvalue weighted by molar-refractivity contribution is 6.37. The second kappa shape index (κ2) is 9.18. The number of nitrogens with zero attached hydrogens (tertiary/aromatic N) is 4. The van der Waals surface area contributed by atoms with Crippen LogP contribution in [0.2, 0.25) is 10.0 Å². The Labute approximate surface area is 194 Å². The van der Waals surface area contributed by atoms with Crippen LogP contribution in [-0.2, 0) is 0 Å². The molecule has 0 saturated carbocycles. The number of halogens is 2. The van der Waals surface area contributed by atoms with Crippen molar-refractivity contribution < 1.29 is 9.47 Å². The number of anilines is 2. The predicted molar refractivity (Wildman–Crippen MR) is 127 cm³/mol. The standard InChI is InChI=1S/C23H17Cl2N5O2/c1-31-21-8-16-19(7-14(21)3-5-30-6-4-27-13-30)28-12-15(11-26)23(16)29-20-10-22(32-2)18(25)9-17(20)24/h3-10,12-13H,1-2H3,(H,28,29)/b5-3+. The van der Waals surface area contributed by atoms with Gasteiger partial charge in [0.1, 0.15) is 17.6 Å². The largest absolute Gasteiger partial charge is 0.496 e. The fourth-order valence-corrected chi connectivity index (χ4v) is 3.71. The molecule has 0 fully saturated rings. The van der Waals surface area contributed by atoms with Crippen LogP contribution in [0.15, 0.2) is 49.2 Å². The molecule has 7 nitrogen and oxygen atoms in total. The van der Waals surface area contributed by atoms with Gasteiger partial charge in [-0.1, -0.05) is 23.2 Å². The van der Waals surface area contributed by atoms with E-state index in [0.29, 0.717) is 49.4 Å². The topological polar surface area (TPSA) is 85.0 Å². The van der Waals surface area contributed by atoms with Gasteiger partial charge < -0.3 is 19.4 Å². The number of nitriles is 1. The summed E-state index contributed by atoms with van der Waals surface area (Å²) in [7, 11) is 3.11. The number of aromatic nitrogens is 3. The molecule has 0 aliphatic rings. The van der Waals surface area contributed by atoms with Crippen LogP contribution in [0.5, 0.6) is 11.5 Å². The number of nitrogens with one attached hydrogen (secondary N) is 1. The zero-order valence-corrected chi connectivity index (χ0v) is 18.6. The smallest absolute Gasteiger partial charge is 0.139 e. The van der Waals surface area contributed by atoms with E-state index >= 15 is 0 Å². The van der Waals surface area contributed by atoms with Crippen LogP contribution in [0.1, 0.15) is 11.1 Å². The van der Waals surface area contributed by atoms with E-state index in [1.165, 1.54) is 13.3 Å². The Bertz CT molecular complexity index is 1360. The first-order valence-corrected chi connectivity index (χ1v) is 10.2. The van der Waals surface area contributed by atoms with Gasteiger partial charge in [-0.25, -0.2) is 4.98 Å². The molecule has 0 aliphatic heterocycles. The first kappa shape index (κ1) is 21.5. The summed E-state index contributed by atoms with van der Waals surface area (Å²) < 4.78 is 12.7. The maximum absolute atomic E-state index is 9.68. The summed E-state index contributed by atoms with van der Waals surface area (Å²) in [5, 5.41) is 14.4. The molecule has 0 spiro atoms. The first-order valence-electron chi connectivity index (χ1n) is 9.40. The molecule has 0 unspecified atom stereocenters. The number of ether oxygens (including phenoxy) is 2. The zero-order chi connectivity index (χ0) is 22.7. The van der Waals surface area contributed by atoms with Gasteiger partial charge in [0.25, 0.3) is 0 Å². The van der Waals surface area contributed by atoms with Crippen molar-refractivity contribution in [2.75, 3.05) is 19.5 Å². The van der Waals surface area contributed by atoms with Gasteiger partial charge in [0.2, 0.25) is 0 Å². The molecule has 0 radical (unpaired) electrons. The van der Waals surface area contributed by atoms with Crippen LogP contribution in [0, 0.1) is 11.3 Å². The monoisotopic (exact) mass is 465 g/mol. The average molecular weight is 466 g/mol. The Morgan fingerprint density at radius 2 is 1.91 bits per heavy atom. The van der Waals surface area contributed by atoms with Crippen molar-refractivity contribution in [1.29, 1.82) is 5.26 Å². The van der Waals surface area contributed by atoms with E-state index in [9.17, 15) is 5.26 Å². The number of rotatable bonds is 6. The van der Waals surface area contributed by atoms with Crippen molar-refractivity contribution in [3.8, 4) is 17.6 Å². The number of benzene rings is 2. The SMILES string of the molecule is COc1cc(Nc2c(C#N)cnc3cc(/C=C/n4ccnc4)c(OC)cc23)c(Cl)cc1Cl. The molecule has 0 bridgehead atoms. The third kappa shape index (κ3) is 4.19. The number of pyridine rings is 1. The molecule has 2 heterocycles. The second-order valence-electron chi connectivity index (χ2n) is 6.69. The van der Waals surface area contributed by atoms with Crippen molar-refractivity contribution in [2.45, 2.75) is 0 Å². The number of hydrogen-bond acceptors (Lipinski definition) is 6. The molecule has 0 amide bonds. The minimum absolute atomic E-state index is 0.353. The second-order valence-corrected chi connectivity index (χ2v) is 7.50. The summed E-state index contributed by atoms with van der Waals surface area (Å²) in [6.07, 6.45) is 10.5. The van der Waals surface area contributed by atoms with E-state index in [2.05, 4.69) is 21.4 Å². The van der Waals surface area contributed by atoms with E-state index in [4.69, 9.17) is 32.7 Å². The van der Waals surface area contributed by atoms with E-state index in [-0.39, 0.29) is 0 Å². The maximum atomic E-state index is 9.68. The molecular formula is C23H17Cl2N5O2. The van der Waals surface area contributed by atoms with Crippen molar-refractivity contribution in [3.05, 3.63) is 70.4 Å². The highest BCUT2D eigenvalue weighted by Gasteiger charge is 2.15. The fourth-order valence-electron chi connectivity index (χ4n) is 3.20. The van der Waals surface area contributed by atoms with Crippen LogP contribution in [-0.4, -0.2) is 28.8 Å². The Kier molecular flexibility index (Phi) is 6.17. The number of imidazole rings is 1. The molecule has 0 saturated heterocycles. The van der Waals surface area contributed by atoms with Gasteiger partial charge in [0.15, 0.2) is 0 Å². The molecule has 1 N–H and O–H groups in total. The lowest BCUT2D eigenvalue weighted by Crippen LogP contribution is -1.99. The van der Waals surface area contributed by atoms with Gasteiger partial charge in [-0.2, -0.15) is 5.26 Å². The maximum Gasteiger partial charge on any atom is 0.139 e. The van der Waals surface area contributed by atoms with Crippen LogP contribution >= 0.6 is 23.2 Å². The molecule has 9 heteroatoms. The summed E-state index contributed by atoms with van der Waals surface area (Å²) in [6, 6.07) is 9.15. The Morgan fingerprint density at radius 1 is 1.09 bits per heavy atom. The molecule has 4 rings (SSSR count). The molecule has 0 atom stereocenters. The Hall–Kier alpha value is -3.73. The normalized spacial score (nSPS) is 11.0. The third-order valence-electron chi connectivity index (χ3n) is 4.79. The van der Waals surface area contributed by atoms with Crippen LogP contribution < -0.4 is 14.8 Å². The van der Waals surface area contributed by atoms with E-state index in [1.54, 1.807) is 31.8 Å². The predicted octanol–water partition coefficient (Wildman–Crippen LogP) is 6.00. The van der Waals surface area contributed by atoms with E-state index in [0.717, 1.165) is 5.56 Å². The molecule has 2 aromatic heterocycles. The number of fused-ring (bicyclic) bond motifs is 1. The Morgan fingerprint density at radius 3 is 2.59 bits per heavy atom.